The van der Waals surface area contributed by atoms with Gasteiger partial charge in [-0.2, -0.15) is 0 Å². The van der Waals surface area contributed by atoms with Crippen LogP contribution < -0.4 is 10.2 Å². The number of likely N-dealkylation sites (N-methyl/N-ethyl adjacent to an activating group) is 1. The summed E-state index contributed by atoms with van der Waals surface area (Å²) in [4.78, 5) is 28.3. The monoisotopic (exact) mass is 400 g/mol. The van der Waals surface area contributed by atoms with E-state index in [1.807, 2.05) is 55.5 Å². The average molecular weight is 400 g/mol. The van der Waals surface area contributed by atoms with E-state index in [1.54, 1.807) is 11.9 Å². The van der Waals surface area contributed by atoms with E-state index < -0.39 is 11.5 Å². The van der Waals surface area contributed by atoms with E-state index in [2.05, 4.69) is 23.5 Å². The standard InChI is InChI=1S/C25H24N2O3/c1-15-21(23(28)30-3)22(18-12-8-10-16-9-4-5-11-17(16)18)26-25(15)19-13-6-7-14-20(19)27(2)24(25)29/h4-15,21-22,26H,1-3H3/t15-,21-,22-,25-/m0/s1. The molecule has 1 spiro atoms. The molecule has 3 aromatic rings. The Labute approximate surface area is 175 Å². The van der Waals surface area contributed by atoms with Crippen LogP contribution in [0, 0.1) is 11.8 Å². The molecule has 30 heavy (non-hydrogen) atoms. The molecule has 0 aliphatic carbocycles. The van der Waals surface area contributed by atoms with Crippen molar-refractivity contribution in [1.82, 2.24) is 5.32 Å². The van der Waals surface area contributed by atoms with Crippen molar-refractivity contribution in [3.63, 3.8) is 0 Å². The molecule has 152 valence electrons. The molecule has 0 saturated carbocycles. The summed E-state index contributed by atoms with van der Waals surface area (Å²) in [7, 11) is 3.21. The number of benzene rings is 3. The Morgan fingerprint density at radius 1 is 1.03 bits per heavy atom. The minimum Gasteiger partial charge on any atom is -0.469 e. The summed E-state index contributed by atoms with van der Waals surface area (Å²) in [5.41, 5.74) is 1.84. The van der Waals surface area contributed by atoms with Crippen molar-refractivity contribution in [1.29, 1.82) is 0 Å². The summed E-state index contributed by atoms with van der Waals surface area (Å²) in [6.45, 7) is 1.98. The Morgan fingerprint density at radius 2 is 1.73 bits per heavy atom. The summed E-state index contributed by atoms with van der Waals surface area (Å²) < 4.78 is 5.22. The molecule has 0 radical (unpaired) electrons. The van der Waals surface area contributed by atoms with Crippen molar-refractivity contribution in [2.45, 2.75) is 18.5 Å². The molecule has 0 aromatic heterocycles. The molecule has 1 fully saturated rings. The van der Waals surface area contributed by atoms with Gasteiger partial charge in [0.2, 0.25) is 0 Å². The maximum absolute atomic E-state index is 13.6. The number of esters is 1. The molecule has 5 heteroatoms. The summed E-state index contributed by atoms with van der Waals surface area (Å²) in [5.74, 6) is -1.12. The van der Waals surface area contributed by atoms with Crippen molar-refractivity contribution in [3.8, 4) is 0 Å². The minimum absolute atomic E-state index is 0.0344. The first kappa shape index (κ1) is 18.8. The number of carbonyl (C=O) groups excluding carboxylic acids is 2. The number of rotatable bonds is 2. The highest BCUT2D eigenvalue weighted by atomic mass is 16.5. The van der Waals surface area contributed by atoms with E-state index in [1.165, 1.54) is 7.11 Å². The van der Waals surface area contributed by atoms with Crippen LogP contribution in [0.1, 0.15) is 24.1 Å². The van der Waals surface area contributed by atoms with Crippen LogP contribution >= 0.6 is 0 Å². The lowest BCUT2D eigenvalue weighted by Crippen LogP contribution is -2.50. The molecule has 5 nitrogen and oxygen atoms in total. The van der Waals surface area contributed by atoms with Crippen molar-refractivity contribution >= 4 is 28.3 Å². The van der Waals surface area contributed by atoms with Gasteiger partial charge in [0.25, 0.3) is 5.91 Å². The van der Waals surface area contributed by atoms with Crippen LogP contribution in [0.15, 0.2) is 66.7 Å². The van der Waals surface area contributed by atoms with Gasteiger partial charge in [-0.15, -0.1) is 0 Å². The molecule has 1 saturated heterocycles. The van der Waals surface area contributed by atoms with Gasteiger partial charge in [-0.25, -0.2) is 0 Å². The smallest absolute Gasteiger partial charge is 0.310 e. The van der Waals surface area contributed by atoms with Crippen molar-refractivity contribution < 1.29 is 14.3 Å². The number of nitrogens with one attached hydrogen (secondary N) is 1. The van der Waals surface area contributed by atoms with Crippen LogP contribution in [0.5, 0.6) is 0 Å². The highest BCUT2D eigenvalue weighted by Gasteiger charge is 2.63. The number of nitrogens with zero attached hydrogens (tertiary/aromatic N) is 1. The van der Waals surface area contributed by atoms with Gasteiger partial charge in [-0.1, -0.05) is 67.6 Å². The van der Waals surface area contributed by atoms with E-state index in [-0.39, 0.29) is 23.8 Å². The van der Waals surface area contributed by atoms with E-state index in [0.29, 0.717) is 0 Å². The van der Waals surface area contributed by atoms with Crippen LogP contribution in [-0.4, -0.2) is 26.0 Å². The largest absolute Gasteiger partial charge is 0.469 e. The summed E-state index contributed by atoms with van der Waals surface area (Å²) in [6.07, 6.45) is 0. The number of carbonyl (C=O) groups is 2. The highest BCUT2D eigenvalue weighted by Crippen LogP contribution is 2.55. The van der Waals surface area contributed by atoms with E-state index in [4.69, 9.17) is 4.74 Å². The van der Waals surface area contributed by atoms with Gasteiger partial charge in [-0.3, -0.25) is 14.9 Å². The van der Waals surface area contributed by atoms with Crippen molar-refractivity contribution in [2.24, 2.45) is 11.8 Å². The fourth-order valence-corrected chi connectivity index (χ4v) is 5.46. The maximum atomic E-state index is 13.6. The van der Waals surface area contributed by atoms with Gasteiger partial charge in [0.05, 0.1) is 13.0 Å². The van der Waals surface area contributed by atoms with E-state index in [9.17, 15) is 9.59 Å². The Morgan fingerprint density at radius 3 is 2.53 bits per heavy atom. The number of hydrogen-bond donors (Lipinski definition) is 1. The fraction of sp³-hybridized carbons (Fsp3) is 0.280. The molecule has 2 aliphatic heterocycles. The van der Waals surface area contributed by atoms with Crippen LogP contribution in [0.4, 0.5) is 5.69 Å². The molecule has 0 unspecified atom stereocenters. The fourth-order valence-electron chi connectivity index (χ4n) is 5.46. The first-order valence-corrected chi connectivity index (χ1v) is 10.2. The lowest BCUT2D eigenvalue weighted by atomic mass is 9.75. The van der Waals surface area contributed by atoms with Crippen LogP contribution in [0.3, 0.4) is 0 Å². The lowest BCUT2D eigenvalue weighted by Gasteiger charge is -2.29. The van der Waals surface area contributed by atoms with Gasteiger partial charge in [0.15, 0.2) is 0 Å². The zero-order valence-electron chi connectivity index (χ0n) is 17.3. The molecule has 2 heterocycles. The van der Waals surface area contributed by atoms with E-state index in [0.717, 1.165) is 27.6 Å². The quantitative estimate of drug-likeness (QED) is 0.665. The second-order valence-electron chi connectivity index (χ2n) is 8.22. The second-order valence-corrected chi connectivity index (χ2v) is 8.22. The zero-order chi connectivity index (χ0) is 21.0. The molecule has 3 aromatic carbocycles. The van der Waals surface area contributed by atoms with E-state index >= 15 is 0 Å². The van der Waals surface area contributed by atoms with Gasteiger partial charge in [0, 0.05) is 30.3 Å². The molecule has 2 aliphatic rings. The normalized spacial score (nSPS) is 27.6. The highest BCUT2D eigenvalue weighted by molar-refractivity contribution is 6.08. The summed E-state index contributed by atoms with van der Waals surface area (Å²) in [6, 6.07) is 21.7. The van der Waals surface area contributed by atoms with Crippen molar-refractivity contribution in [2.75, 3.05) is 19.1 Å². The first-order valence-electron chi connectivity index (χ1n) is 10.2. The predicted octanol–water partition coefficient (Wildman–Crippen LogP) is 3.78. The van der Waals surface area contributed by atoms with Crippen molar-refractivity contribution in [3.05, 3.63) is 77.9 Å². The molecule has 4 atom stereocenters. The number of amides is 1. The number of fused-ring (bicyclic) bond motifs is 3. The lowest BCUT2D eigenvalue weighted by molar-refractivity contribution is -0.147. The second kappa shape index (κ2) is 6.67. The third-order valence-corrected chi connectivity index (χ3v) is 6.93. The average Bonchev–Trinajstić information content (AvgIpc) is 3.21. The Balaban J connectivity index is 1.73. The first-order chi connectivity index (χ1) is 14.5. The van der Waals surface area contributed by atoms with Crippen LogP contribution in [-0.2, 0) is 19.9 Å². The number of ether oxygens (including phenoxy) is 1. The minimum atomic E-state index is -0.966. The molecule has 0 bridgehead atoms. The number of para-hydroxylation sites is 1. The maximum Gasteiger partial charge on any atom is 0.310 e. The Bertz CT molecular complexity index is 1170. The van der Waals surface area contributed by atoms with Gasteiger partial charge in [0.1, 0.15) is 5.54 Å². The molecule has 5 rings (SSSR count). The van der Waals surface area contributed by atoms with Gasteiger partial charge >= 0.3 is 5.97 Å². The molecular weight excluding hydrogens is 376 g/mol. The zero-order valence-corrected chi connectivity index (χ0v) is 17.3. The predicted molar refractivity (Wildman–Crippen MR) is 116 cm³/mol. The van der Waals surface area contributed by atoms with Gasteiger partial charge < -0.3 is 9.64 Å². The Hall–Kier alpha value is -3.18. The molecular formula is C25H24N2O3. The Kier molecular flexibility index (Phi) is 4.19. The topological polar surface area (TPSA) is 58.6 Å². The SMILES string of the molecule is COC(=O)[C@@H]1[C@H](c2cccc3ccccc23)N[C@@]2(C(=O)N(C)c3ccccc32)[C@H]1C. The number of hydrogen-bond acceptors (Lipinski definition) is 4. The third-order valence-electron chi connectivity index (χ3n) is 6.93. The summed E-state index contributed by atoms with van der Waals surface area (Å²) in [5, 5.41) is 5.81. The van der Waals surface area contributed by atoms with Gasteiger partial charge in [-0.05, 0) is 22.4 Å². The number of anilines is 1. The third kappa shape index (κ3) is 2.33. The molecule has 1 amide bonds. The van der Waals surface area contributed by atoms with Crippen LogP contribution in [0.2, 0.25) is 0 Å². The van der Waals surface area contributed by atoms with Crippen LogP contribution in [0.25, 0.3) is 10.8 Å². The molecule has 1 N–H and O–H groups in total. The number of methoxy groups -OCH3 is 1. The summed E-state index contributed by atoms with van der Waals surface area (Å²) >= 11 is 0.